The number of hydrogen-bond donors (Lipinski definition) is 4. The smallest absolute Gasteiger partial charge is 0.308 e. The van der Waals surface area contributed by atoms with Crippen LogP contribution in [-0.4, -0.2) is 66.8 Å². The molecule has 0 aromatic heterocycles. The Morgan fingerprint density at radius 3 is 1.29 bits per heavy atom. The molecule has 4 amide bonds. The van der Waals surface area contributed by atoms with E-state index in [4.69, 9.17) is 0 Å². The van der Waals surface area contributed by atoms with E-state index in [1.54, 1.807) is 12.2 Å². The number of fused-ring (bicyclic) bond motifs is 2. The summed E-state index contributed by atoms with van der Waals surface area (Å²) in [5.41, 5.74) is 0.140. The first-order chi connectivity index (χ1) is 24.6. The second-order valence-electron chi connectivity index (χ2n) is 11.8. The molecule has 2 aromatic rings. The molecule has 4 aliphatic rings. The van der Waals surface area contributed by atoms with E-state index in [-0.39, 0.29) is 33.9 Å². The number of ketones is 2. The molecule has 264 valence electrons. The average molecular weight is 743 g/mol. The third-order valence-corrected chi connectivity index (χ3v) is 10.4. The van der Waals surface area contributed by atoms with Gasteiger partial charge in [-0.15, -0.1) is 0 Å². The molecule has 0 aliphatic heterocycles. The molecule has 6 rings (SSSR count). The van der Waals surface area contributed by atoms with Crippen LogP contribution in [0.4, 0.5) is 16.2 Å². The van der Waals surface area contributed by atoms with Crippen molar-refractivity contribution < 1.29 is 49.9 Å². The zero-order chi connectivity index (χ0) is 37.4. The van der Waals surface area contributed by atoms with Gasteiger partial charge in [-0.25, -0.2) is 14.8 Å². The molecule has 0 fully saturated rings. The van der Waals surface area contributed by atoms with Gasteiger partial charge in [-0.1, -0.05) is 36.5 Å². The van der Waals surface area contributed by atoms with Crippen molar-refractivity contribution in [3.63, 3.8) is 0 Å². The summed E-state index contributed by atoms with van der Waals surface area (Å²) in [6, 6.07) is 10.4. The lowest BCUT2D eigenvalue weighted by Gasteiger charge is -2.27. The Kier molecular flexibility index (Phi) is 9.61. The van der Waals surface area contributed by atoms with Gasteiger partial charge in [0.25, 0.3) is 32.1 Å². The molecule has 0 heterocycles. The molecule has 0 radical (unpaired) electrons. The highest BCUT2D eigenvalue weighted by atomic mass is 32.2. The predicted octanol–water partition coefficient (Wildman–Crippen LogP) is 3.92. The van der Waals surface area contributed by atoms with Crippen LogP contribution in [0.25, 0.3) is 0 Å². The number of benzene rings is 2. The van der Waals surface area contributed by atoms with E-state index in [0.717, 1.165) is 12.2 Å². The Bertz CT molecular complexity index is 2230. The van der Waals surface area contributed by atoms with Crippen LogP contribution in [0.5, 0.6) is 0 Å². The number of urea groups is 1. The molecule has 0 saturated carbocycles. The number of aliphatic imine (C=N–C) groups is 2. The molecule has 52 heavy (non-hydrogen) atoms. The molecular formula is C35H26N4O11S2. The van der Waals surface area contributed by atoms with Crippen molar-refractivity contribution in [2.45, 2.75) is 0 Å². The third-order valence-electron chi connectivity index (χ3n) is 8.41. The molecular weight excluding hydrogens is 717 g/mol. The molecule has 17 heteroatoms. The van der Waals surface area contributed by atoms with Crippen molar-refractivity contribution >= 4 is 72.4 Å². The van der Waals surface area contributed by atoms with E-state index in [1.807, 2.05) is 0 Å². The first kappa shape index (κ1) is 35.8. The first-order valence-electron chi connectivity index (χ1n) is 15.3. The highest BCUT2D eigenvalue weighted by molar-refractivity contribution is 7.90. The van der Waals surface area contributed by atoms with Crippen molar-refractivity contribution in [3.8, 4) is 0 Å². The highest BCUT2D eigenvalue weighted by Gasteiger charge is 2.41. The summed E-state index contributed by atoms with van der Waals surface area (Å²) in [6.07, 6.45) is 13.9. The predicted molar refractivity (Wildman–Crippen MR) is 189 cm³/mol. The topological polar surface area (TPSA) is 243 Å². The van der Waals surface area contributed by atoms with Crippen LogP contribution in [0.3, 0.4) is 0 Å². The maximum absolute atomic E-state index is 13.0. The summed E-state index contributed by atoms with van der Waals surface area (Å²) in [5.74, 6) is -6.82. The van der Waals surface area contributed by atoms with Gasteiger partial charge in [0.2, 0.25) is 0 Å². The van der Waals surface area contributed by atoms with Gasteiger partial charge in [0, 0.05) is 34.3 Å². The van der Waals surface area contributed by atoms with Crippen molar-refractivity contribution in [2.24, 2.45) is 33.7 Å². The van der Waals surface area contributed by atoms with Crippen LogP contribution in [0, 0.1) is 23.7 Å². The van der Waals surface area contributed by atoms with E-state index >= 15 is 0 Å². The average Bonchev–Trinajstić information content (AvgIpc) is 3.10. The molecule has 15 nitrogen and oxygen atoms in total. The Morgan fingerprint density at radius 2 is 0.942 bits per heavy atom. The molecule has 0 bridgehead atoms. The van der Waals surface area contributed by atoms with Crippen molar-refractivity contribution in [3.05, 3.63) is 130 Å². The van der Waals surface area contributed by atoms with E-state index in [1.165, 1.54) is 85.0 Å². The van der Waals surface area contributed by atoms with Crippen LogP contribution >= 0.6 is 0 Å². The van der Waals surface area contributed by atoms with E-state index in [0.29, 0.717) is 0 Å². The lowest BCUT2D eigenvalue weighted by atomic mass is 9.79. The summed E-state index contributed by atoms with van der Waals surface area (Å²) < 4.78 is 66.3. The molecule has 4 unspecified atom stereocenters. The number of nitrogens with zero attached hydrogens (tertiary/aromatic N) is 2. The van der Waals surface area contributed by atoms with Gasteiger partial charge in [0.15, 0.2) is 11.6 Å². The summed E-state index contributed by atoms with van der Waals surface area (Å²) in [6.45, 7) is 0. The minimum Gasteiger partial charge on any atom is -0.308 e. The summed E-state index contributed by atoms with van der Waals surface area (Å²) in [5, 5.41) is 5.14. The van der Waals surface area contributed by atoms with Gasteiger partial charge in [-0.05, 0) is 72.8 Å². The number of allylic oxidation sites excluding steroid dienone is 12. The number of hydrogen-bond acceptors (Lipinski definition) is 9. The lowest BCUT2D eigenvalue weighted by Crippen LogP contribution is -2.36. The molecule has 4 N–H and O–H groups in total. The molecule has 4 aliphatic carbocycles. The number of rotatable bonds is 6. The van der Waals surface area contributed by atoms with Crippen LogP contribution in [0.2, 0.25) is 0 Å². The van der Waals surface area contributed by atoms with E-state index in [2.05, 4.69) is 20.6 Å². The summed E-state index contributed by atoms with van der Waals surface area (Å²) >= 11 is 0. The Hall–Kier alpha value is -6.01. The van der Waals surface area contributed by atoms with Gasteiger partial charge in [0.1, 0.15) is 11.4 Å². The largest absolute Gasteiger partial charge is 0.323 e. The SMILES string of the molecule is O=C(Nc1ccc(C(=O)N=C2C=CC3C=CC=C(S(=O)(=O)O)C3C2=O)cc1)Nc1ccc(C(=O)N=C2C=CC3C=CC=C(S(=O)(=O)O)C3C2=O)cc1. The van der Waals surface area contributed by atoms with Gasteiger partial charge in [0.05, 0.1) is 21.6 Å². The van der Waals surface area contributed by atoms with Crippen molar-refractivity contribution in [2.75, 3.05) is 10.6 Å². The minimum atomic E-state index is -4.67. The quantitative estimate of drug-likeness (QED) is 0.309. The Morgan fingerprint density at radius 1 is 0.577 bits per heavy atom. The van der Waals surface area contributed by atoms with Crippen molar-refractivity contribution in [1.29, 1.82) is 0 Å². The monoisotopic (exact) mass is 742 g/mol. The molecule has 4 atom stereocenters. The zero-order valence-corrected chi connectivity index (χ0v) is 28.1. The second kappa shape index (κ2) is 14.0. The molecule has 2 aromatic carbocycles. The van der Waals surface area contributed by atoms with Crippen LogP contribution in [0.1, 0.15) is 20.7 Å². The summed E-state index contributed by atoms with van der Waals surface area (Å²) in [7, 11) is -9.33. The fourth-order valence-corrected chi connectivity index (χ4v) is 7.59. The van der Waals surface area contributed by atoms with Crippen LogP contribution in [-0.2, 0) is 29.8 Å². The Labute approximate surface area is 296 Å². The van der Waals surface area contributed by atoms with Crippen LogP contribution in [0.15, 0.2) is 129 Å². The first-order valence-corrected chi connectivity index (χ1v) is 18.2. The normalized spacial score (nSPS) is 23.8. The summed E-state index contributed by atoms with van der Waals surface area (Å²) in [4.78, 5) is 71.1. The second-order valence-corrected chi connectivity index (χ2v) is 14.6. The number of amides is 4. The third kappa shape index (κ3) is 7.52. The van der Waals surface area contributed by atoms with Crippen LogP contribution < -0.4 is 10.6 Å². The maximum atomic E-state index is 13.0. The Balaban J connectivity index is 1.06. The standard InChI is InChI=1S/C35H26N4O11S2/c40-31-25(17-11-19-3-1-5-27(29(19)31)51(45,46)47)38-33(42)21-7-13-23(14-8-21)36-35(44)37-24-15-9-22(10-16-24)34(43)39-26-18-12-20-4-2-6-28(52(48,49)50)30(20)32(26)41/h1-20,29-30H,(H2,36,37,44)(H,45,46,47)(H,48,49,50). The number of Topliss-reactive ketones (excluding diaryl/α,β-unsaturated/α-hetero) is 2. The fraction of sp³-hybridized carbons (Fsp3) is 0.114. The molecule has 0 spiro atoms. The number of anilines is 2. The number of carbonyl (C=O) groups is 5. The van der Waals surface area contributed by atoms with Gasteiger partial charge in [-0.3, -0.25) is 28.3 Å². The highest BCUT2D eigenvalue weighted by Crippen LogP contribution is 2.35. The van der Waals surface area contributed by atoms with Gasteiger partial charge >= 0.3 is 6.03 Å². The zero-order valence-electron chi connectivity index (χ0n) is 26.5. The molecule has 0 saturated heterocycles. The fourth-order valence-electron chi connectivity index (χ4n) is 5.92. The van der Waals surface area contributed by atoms with Gasteiger partial charge in [-0.2, -0.15) is 16.8 Å². The maximum Gasteiger partial charge on any atom is 0.323 e. The van der Waals surface area contributed by atoms with Crippen molar-refractivity contribution in [1.82, 2.24) is 0 Å². The number of carbonyl (C=O) groups excluding carboxylic acids is 5. The van der Waals surface area contributed by atoms with E-state index < -0.39 is 83.1 Å². The number of nitrogens with one attached hydrogen (secondary N) is 2. The lowest BCUT2D eigenvalue weighted by molar-refractivity contribution is -0.116. The van der Waals surface area contributed by atoms with E-state index in [9.17, 15) is 49.9 Å². The minimum absolute atomic E-state index is 0.0656. The van der Waals surface area contributed by atoms with Gasteiger partial charge < -0.3 is 10.6 Å².